The fourth-order valence-electron chi connectivity index (χ4n) is 6.46. The van der Waals surface area contributed by atoms with Gasteiger partial charge in [0.2, 0.25) is 0 Å². The number of benzene rings is 1. The van der Waals surface area contributed by atoms with Gasteiger partial charge < -0.3 is 4.74 Å². The number of fused-ring (bicyclic) bond motifs is 3. The summed E-state index contributed by atoms with van der Waals surface area (Å²) in [7, 11) is 0. The van der Waals surface area contributed by atoms with Crippen molar-refractivity contribution in [2.75, 3.05) is 13.2 Å². The molecule has 0 radical (unpaired) electrons. The van der Waals surface area contributed by atoms with E-state index in [2.05, 4.69) is 18.8 Å². The lowest BCUT2D eigenvalue weighted by Crippen LogP contribution is -2.52. The van der Waals surface area contributed by atoms with E-state index in [4.69, 9.17) is 4.74 Å². The van der Waals surface area contributed by atoms with Gasteiger partial charge in [-0.25, -0.2) is 0 Å². The molecule has 0 bridgehead atoms. The maximum atomic E-state index is 12.1. The molecule has 0 saturated heterocycles. The largest absolute Gasteiger partial charge is 0.479 e. The third-order valence-electron chi connectivity index (χ3n) is 7.68. The van der Waals surface area contributed by atoms with Crippen molar-refractivity contribution in [3.05, 3.63) is 43.0 Å². The van der Waals surface area contributed by atoms with Crippen LogP contribution >= 0.6 is 0 Å². The topological polar surface area (TPSA) is 108 Å². The van der Waals surface area contributed by atoms with Crippen LogP contribution in [0, 0.1) is 31.6 Å². The zero-order chi connectivity index (χ0) is 21.8. The van der Waals surface area contributed by atoms with Crippen LogP contribution in [0.4, 0.5) is 11.4 Å². The summed E-state index contributed by atoms with van der Waals surface area (Å²) in [5, 5.41) is 24.0. The number of nitro benzene ring substituents is 2. The summed E-state index contributed by atoms with van der Waals surface area (Å²) in [6.07, 6.45) is 4.07. The lowest BCUT2D eigenvalue weighted by atomic mass is 9.49. The molecule has 1 aromatic rings. The highest BCUT2D eigenvalue weighted by atomic mass is 16.6. The predicted molar refractivity (Wildman–Crippen MR) is 113 cm³/mol. The normalized spacial score (nSPS) is 30.3. The lowest BCUT2D eigenvalue weighted by molar-refractivity contribution is -0.396. The third-order valence-corrected chi connectivity index (χ3v) is 7.68. The van der Waals surface area contributed by atoms with Crippen LogP contribution in [-0.2, 0) is 16.6 Å². The van der Waals surface area contributed by atoms with Gasteiger partial charge in [-0.2, -0.15) is 0 Å². The van der Waals surface area contributed by atoms with Gasteiger partial charge in [0.05, 0.1) is 16.4 Å². The van der Waals surface area contributed by atoms with E-state index in [1.54, 1.807) is 19.9 Å². The Morgan fingerprint density at radius 3 is 2.43 bits per heavy atom. The van der Waals surface area contributed by atoms with Gasteiger partial charge >= 0.3 is 0 Å². The summed E-state index contributed by atoms with van der Waals surface area (Å²) in [5.41, 5.74) is 0.904. The molecule has 1 fully saturated rings. The summed E-state index contributed by atoms with van der Waals surface area (Å²) in [5.74, 6) is 0.663. The van der Waals surface area contributed by atoms with Crippen molar-refractivity contribution in [2.24, 2.45) is 16.3 Å². The molecule has 162 valence electrons. The molecule has 0 unspecified atom stereocenters. The Bertz CT molecular complexity index is 957. The number of nitro groups is 2. The first-order chi connectivity index (χ1) is 14.1. The Balaban J connectivity index is 1.95. The second-order valence-corrected chi connectivity index (χ2v) is 9.67. The molecule has 1 saturated carbocycles. The summed E-state index contributed by atoms with van der Waals surface area (Å²) < 4.78 is 5.89. The summed E-state index contributed by atoms with van der Waals surface area (Å²) in [4.78, 5) is 27.8. The fraction of sp³-hybridized carbons (Fsp3) is 0.682. The molecule has 3 atom stereocenters. The number of rotatable bonds is 4. The van der Waals surface area contributed by atoms with E-state index in [1.165, 1.54) is 0 Å². The van der Waals surface area contributed by atoms with E-state index in [0.717, 1.165) is 37.1 Å². The second-order valence-electron chi connectivity index (χ2n) is 9.67. The molecule has 1 aliphatic heterocycles. The van der Waals surface area contributed by atoms with Gasteiger partial charge in [0.15, 0.2) is 5.90 Å². The molecular weight excluding hydrogens is 386 g/mol. The van der Waals surface area contributed by atoms with Gasteiger partial charge in [-0.15, -0.1) is 0 Å². The number of ether oxygens (including phenoxy) is 1. The molecule has 0 N–H and O–H groups in total. The van der Waals surface area contributed by atoms with Gasteiger partial charge in [-0.3, -0.25) is 25.2 Å². The number of hydrogen-bond acceptors (Lipinski definition) is 6. The molecule has 4 rings (SSSR count). The van der Waals surface area contributed by atoms with Crippen molar-refractivity contribution < 1.29 is 14.6 Å². The van der Waals surface area contributed by atoms with Gasteiger partial charge in [-0.1, -0.05) is 34.1 Å². The Labute approximate surface area is 176 Å². The summed E-state index contributed by atoms with van der Waals surface area (Å²) >= 11 is 0. The Morgan fingerprint density at radius 2 is 1.87 bits per heavy atom. The summed E-state index contributed by atoms with van der Waals surface area (Å²) in [6, 6.07) is 1.65. The van der Waals surface area contributed by atoms with Crippen LogP contribution in [0.2, 0.25) is 0 Å². The molecular formula is C22H29N3O5. The lowest BCUT2D eigenvalue weighted by Gasteiger charge is -2.54. The Kier molecular flexibility index (Phi) is 4.86. The molecule has 0 amide bonds. The summed E-state index contributed by atoms with van der Waals surface area (Å²) in [6.45, 7) is 9.14. The number of hydrogen-bond donors (Lipinski definition) is 0. The monoisotopic (exact) mass is 415 g/mol. The van der Waals surface area contributed by atoms with Gasteiger partial charge in [0.1, 0.15) is 12.2 Å². The zero-order valence-corrected chi connectivity index (χ0v) is 18.1. The van der Waals surface area contributed by atoms with Crippen LogP contribution < -0.4 is 0 Å². The molecule has 8 heteroatoms. The molecule has 2 aliphatic carbocycles. The smallest absolute Gasteiger partial charge is 0.283 e. The van der Waals surface area contributed by atoms with Crippen LogP contribution in [0.25, 0.3) is 0 Å². The van der Waals surface area contributed by atoms with Crippen LogP contribution in [0.1, 0.15) is 76.0 Å². The number of nitrogens with zero attached hydrogens (tertiary/aromatic N) is 3. The van der Waals surface area contributed by atoms with Gasteiger partial charge in [0, 0.05) is 17.0 Å². The minimum Gasteiger partial charge on any atom is -0.479 e. The van der Waals surface area contributed by atoms with Crippen molar-refractivity contribution in [3.63, 3.8) is 0 Å². The first-order valence-electron chi connectivity index (χ1n) is 10.8. The highest BCUT2D eigenvalue weighted by Gasteiger charge is 2.56. The molecule has 0 spiro atoms. The minimum absolute atomic E-state index is 0.0457. The SMILES string of the molecule is CC(C)c1c([N+](=O)[O-])cc2c(c1[N+](=O)[O-])CC[C@H]1[C@](C)(C3=NCCO3)CCC[C@]21C. The minimum atomic E-state index is -0.457. The predicted octanol–water partition coefficient (Wildman–Crippen LogP) is 5.07. The quantitative estimate of drug-likeness (QED) is 0.504. The molecule has 30 heavy (non-hydrogen) atoms. The first-order valence-corrected chi connectivity index (χ1v) is 10.8. The number of aliphatic imine (C=N–C) groups is 1. The first kappa shape index (κ1) is 20.8. The third kappa shape index (κ3) is 2.83. The molecule has 3 aliphatic rings. The molecule has 8 nitrogen and oxygen atoms in total. The van der Waals surface area contributed by atoms with Crippen LogP contribution in [0.15, 0.2) is 11.1 Å². The Morgan fingerprint density at radius 1 is 1.17 bits per heavy atom. The van der Waals surface area contributed by atoms with Crippen molar-refractivity contribution in [2.45, 2.75) is 71.1 Å². The van der Waals surface area contributed by atoms with Crippen molar-refractivity contribution >= 4 is 17.3 Å². The average Bonchev–Trinajstić information content (AvgIpc) is 3.21. The van der Waals surface area contributed by atoms with Crippen LogP contribution in [0.5, 0.6) is 0 Å². The highest BCUT2D eigenvalue weighted by molar-refractivity contribution is 5.84. The maximum Gasteiger partial charge on any atom is 0.283 e. The van der Waals surface area contributed by atoms with Crippen molar-refractivity contribution in [1.29, 1.82) is 0 Å². The standard InChI is InChI=1S/C22H29N3O5/c1-13(2)18-16(24(26)27)12-15-14(19(18)25(28)29)6-7-17-21(15,3)8-5-9-22(17,4)20-23-10-11-30-20/h12-13,17H,5-11H2,1-4H3/t17-,21-,22-/m1/s1. The van der Waals surface area contributed by atoms with Crippen molar-refractivity contribution in [1.82, 2.24) is 0 Å². The van der Waals surface area contributed by atoms with Gasteiger partial charge in [0.25, 0.3) is 11.4 Å². The van der Waals surface area contributed by atoms with Gasteiger partial charge in [-0.05, 0) is 48.5 Å². The van der Waals surface area contributed by atoms with Crippen molar-refractivity contribution in [3.8, 4) is 0 Å². The van der Waals surface area contributed by atoms with E-state index in [0.29, 0.717) is 25.1 Å². The highest BCUT2D eigenvalue weighted by Crippen LogP contribution is 2.60. The van der Waals surface area contributed by atoms with E-state index >= 15 is 0 Å². The second kappa shape index (κ2) is 7.03. The van der Waals surface area contributed by atoms with Crippen LogP contribution in [-0.4, -0.2) is 28.9 Å². The Hall–Kier alpha value is -2.51. The molecule has 1 aromatic carbocycles. The van der Waals surface area contributed by atoms with E-state index in [9.17, 15) is 20.2 Å². The van der Waals surface area contributed by atoms with E-state index < -0.39 is 9.85 Å². The molecule has 0 aromatic heterocycles. The maximum absolute atomic E-state index is 12.1. The van der Waals surface area contributed by atoms with E-state index in [-0.39, 0.29) is 39.6 Å². The van der Waals surface area contributed by atoms with Crippen LogP contribution in [0.3, 0.4) is 0 Å². The van der Waals surface area contributed by atoms with E-state index in [1.807, 2.05) is 0 Å². The average molecular weight is 415 g/mol. The molecule has 1 heterocycles. The fourth-order valence-corrected chi connectivity index (χ4v) is 6.46. The zero-order valence-electron chi connectivity index (χ0n) is 18.1.